The zero-order chi connectivity index (χ0) is 22.4. The van der Waals surface area contributed by atoms with Gasteiger partial charge in [-0.2, -0.15) is 4.98 Å². The number of likely N-dealkylation sites (tertiary alicyclic amines) is 1. The number of halogens is 1. The number of piperidine rings is 1. The zero-order valence-corrected chi connectivity index (χ0v) is 19.0. The Morgan fingerprint density at radius 3 is 2.97 bits per heavy atom. The summed E-state index contributed by atoms with van der Waals surface area (Å²) >= 11 is 1.56. The molecule has 0 spiro atoms. The molecule has 1 fully saturated rings. The molecule has 2 unspecified atom stereocenters. The third-order valence-electron chi connectivity index (χ3n) is 6.33. The van der Waals surface area contributed by atoms with Crippen LogP contribution in [0.4, 0.5) is 4.39 Å². The molecule has 0 bridgehead atoms. The van der Waals surface area contributed by atoms with E-state index in [1.165, 1.54) is 12.1 Å². The van der Waals surface area contributed by atoms with Crippen molar-refractivity contribution in [1.82, 2.24) is 25.0 Å². The highest BCUT2D eigenvalue weighted by molar-refractivity contribution is 7.18. The van der Waals surface area contributed by atoms with Crippen molar-refractivity contribution >= 4 is 21.6 Å². The summed E-state index contributed by atoms with van der Waals surface area (Å²) in [6.07, 6.45) is 1.90. The highest BCUT2D eigenvalue weighted by atomic mass is 32.1. The normalized spacial score (nSPS) is 18.3. The molecule has 0 radical (unpaired) electrons. The van der Waals surface area contributed by atoms with Crippen LogP contribution < -0.4 is 5.56 Å². The maximum Gasteiger partial charge on any atom is 0.259 e. The molecule has 4 heterocycles. The van der Waals surface area contributed by atoms with Gasteiger partial charge in [0.05, 0.1) is 17.3 Å². The van der Waals surface area contributed by atoms with Crippen LogP contribution in [0.3, 0.4) is 0 Å². The van der Waals surface area contributed by atoms with Gasteiger partial charge in [-0.3, -0.25) is 9.69 Å². The molecular weight excluding hydrogens is 429 g/mol. The molecular formula is C23H24FN5O2S. The van der Waals surface area contributed by atoms with Crippen molar-refractivity contribution in [2.24, 2.45) is 0 Å². The first-order chi connectivity index (χ1) is 15.4. The Kier molecular flexibility index (Phi) is 5.38. The van der Waals surface area contributed by atoms with Crippen LogP contribution in [0.1, 0.15) is 53.9 Å². The lowest BCUT2D eigenvalue weighted by Crippen LogP contribution is -2.37. The standard InChI is InChI=1S/C23H24FN5O2S/c1-12-14(3)32-23-18(12)21(30)25-19(27-23)13(2)29-9-5-7-16(11-29)22-26-20(28-31-22)15-6-4-8-17(24)10-15/h4,6,8,10,13,16H,5,7,9,11H2,1-3H3,(H,25,27,30). The molecule has 1 aliphatic rings. The van der Waals surface area contributed by atoms with Crippen LogP contribution >= 0.6 is 11.3 Å². The van der Waals surface area contributed by atoms with E-state index in [0.29, 0.717) is 28.5 Å². The predicted octanol–water partition coefficient (Wildman–Crippen LogP) is 4.73. The van der Waals surface area contributed by atoms with Gasteiger partial charge in [-0.05, 0) is 57.9 Å². The van der Waals surface area contributed by atoms with Gasteiger partial charge in [0.1, 0.15) is 16.5 Å². The van der Waals surface area contributed by atoms with Crippen LogP contribution in [0.15, 0.2) is 33.6 Å². The third-order valence-corrected chi connectivity index (χ3v) is 7.43. The van der Waals surface area contributed by atoms with Crippen molar-refractivity contribution in [1.29, 1.82) is 0 Å². The molecule has 0 saturated carbocycles. The summed E-state index contributed by atoms with van der Waals surface area (Å²) in [5, 5.41) is 4.75. The lowest BCUT2D eigenvalue weighted by atomic mass is 9.96. The molecule has 2 atom stereocenters. The summed E-state index contributed by atoms with van der Waals surface area (Å²) in [5.41, 5.74) is 1.52. The van der Waals surface area contributed by atoms with E-state index in [4.69, 9.17) is 9.51 Å². The number of thiophene rings is 1. The number of benzene rings is 1. The van der Waals surface area contributed by atoms with Crippen molar-refractivity contribution in [3.63, 3.8) is 0 Å². The van der Waals surface area contributed by atoms with Crippen molar-refractivity contribution < 1.29 is 8.91 Å². The fourth-order valence-electron chi connectivity index (χ4n) is 4.35. The van der Waals surface area contributed by atoms with Gasteiger partial charge >= 0.3 is 0 Å². The Morgan fingerprint density at radius 2 is 2.16 bits per heavy atom. The number of hydrogen-bond acceptors (Lipinski definition) is 7. The Bertz CT molecular complexity index is 1340. The van der Waals surface area contributed by atoms with Gasteiger partial charge in [-0.25, -0.2) is 9.37 Å². The SMILES string of the molecule is Cc1sc2nc(C(C)N3CCCC(c4nc(-c5cccc(F)c5)no4)C3)[nH]c(=O)c2c1C. The fraction of sp³-hybridized carbons (Fsp3) is 0.391. The molecule has 5 rings (SSSR count). The molecule has 1 saturated heterocycles. The van der Waals surface area contributed by atoms with E-state index in [9.17, 15) is 9.18 Å². The van der Waals surface area contributed by atoms with Crippen LogP contribution in [-0.2, 0) is 0 Å². The largest absolute Gasteiger partial charge is 0.339 e. The van der Waals surface area contributed by atoms with Crippen molar-refractivity contribution in [3.05, 3.63) is 62.6 Å². The van der Waals surface area contributed by atoms with Crippen LogP contribution in [-0.4, -0.2) is 38.1 Å². The molecule has 1 aromatic carbocycles. The summed E-state index contributed by atoms with van der Waals surface area (Å²) in [7, 11) is 0. The van der Waals surface area contributed by atoms with E-state index >= 15 is 0 Å². The molecule has 1 aliphatic heterocycles. The number of hydrogen-bond donors (Lipinski definition) is 1. The van der Waals surface area contributed by atoms with Gasteiger partial charge in [-0.15, -0.1) is 11.3 Å². The number of aryl methyl sites for hydroxylation is 2. The summed E-state index contributed by atoms with van der Waals surface area (Å²) in [6.45, 7) is 7.66. The second-order valence-corrected chi connectivity index (χ2v) is 9.59. The topological polar surface area (TPSA) is 87.9 Å². The summed E-state index contributed by atoms with van der Waals surface area (Å²) < 4.78 is 19.1. The molecule has 32 heavy (non-hydrogen) atoms. The fourth-order valence-corrected chi connectivity index (χ4v) is 5.38. The van der Waals surface area contributed by atoms with Crippen LogP contribution in [0.2, 0.25) is 0 Å². The Hall–Kier alpha value is -2.91. The second-order valence-electron chi connectivity index (χ2n) is 8.39. The van der Waals surface area contributed by atoms with Crippen LogP contribution in [0.25, 0.3) is 21.6 Å². The quantitative estimate of drug-likeness (QED) is 0.481. The molecule has 1 N–H and O–H groups in total. The third kappa shape index (κ3) is 3.75. The molecule has 0 amide bonds. The highest BCUT2D eigenvalue weighted by Gasteiger charge is 2.30. The number of nitrogens with zero attached hydrogens (tertiary/aromatic N) is 4. The van der Waals surface area contributed by atoms with E-state index in [1.54, 1.807) is 23.5 Å². The molecule has 166 valence electrons. The first-order valence-corrected chi connectivity index (χ1v) is 11.6. The van der Waals surface area contributed by atoms with E-state index in [0.717, 1.165) is 41.2 Å². The van der Waals surface area contributed by atoms with Gasteiger partial charge in [0.15, 0.2) is 0 Å². The lowest BCUT2D eigenvalue weighted by molar-refractivity contribution is 0.140. The summed E-state index contributed by atoms with van der Waals surface area (Å²) in [6, 6.07) is 6.13. The minimum atomic E-state index is -0.332. The number of H-pyrrole nitrogens is 1. The molecule has 3 aromatic heterocycles. The highest BCUT2D eigenvalue weighted by Crippen LogP contribution is 2.32. The maximum absolute atomic E-state index is 13.5. The number of rotatable bonds is 4. The Balaban J connectivity index is 1.37. The minimum Gasteiger partial charge on any atom is -0.339 e. The van der Waals surface area contributed by atoms with E-state index < -0.39 is 0 Å². The summed E-state index contributed by atoms with van der Waals surface area (Å²) in [5.74, 6) is 1.37. The predicted molar refractivity (Wildman–Crippen MR) is 121 cm³/mol. The molecule has 0 aliphatic carbocycles. The Labute approximate surface area is 188 Å². The average Bonchev–Trinajstić information content (AvgIpc) is 3.39. The van der Waals surface area contributed by atoms with Crippen molar-refractivity contribution in [3.8, 4) is 11.4 Å². The van der Waals surface area contributed by atoms with E-state index in [1.807, 2.05) is 13.8 Å². The molecule has 7 nitrogen and oxygen atoms in total. The maximum atomic E-state index is 13.5. The number of fused-ring (bicyclic) bond motifs is 1. The summed E-state index contributed by atoms with van der Waals surface area (Å²) in [4.78, 5) is 29.2. The van der Waals surface area contributed by atoms with Crippen LogP contribution in [0.5, 0.6) is 0 Å². The first-order valence-electron chi connectivity index (χ1n) is 10.7. The van der Waals surface area contributed by atoms with Gasteiger partial charge < -0.3 is 9.51 Å². The number of nitrogens with one attached hydrogen (secondary N) is 1. The monoisotopic (exact) mass is 453 g/mol. The van der Waals surface area contributed by atoms with Gasteiger partial charge in [0, 0.05) is 17.0 Å². The van der Waals surface area contributed by atoms with E-state index in [2.05, 4.69) is 26.9 Å². The average molecular weight is 454 g/mol. The number of aromatic amines is 1. The molecule has 9 heteroatoms. The van der Waals surface area contributed by atoms with Crippen molar-refractivity contribution in [2.45, 2.75) is 45.6 Å². The smallest absolute Gasteiger partial charge is 0.259 e. The molecule has 4 aromatic rings. The lowest BCUT2D eigenvalue weighted by Gasteiger charge is -2.34. The zero-order valence-electron chi connectivity index (χ0n) is 18.2. The minimum absolute atomic E-state index is 0.0526. The number of aromatic nitrogens is 4. The van der Waals surface area contributed by atoms with Crippen LogP contribution in [0, 0.1) is 19.7 Å². The van der Waals surface area contributed by atoms with E-state index in [-0.39, 0.29) is 23.3 Å². The second kappa shape index (κ2) is 8.22. The van der Waals surface area contributed by atoms with Gasteiger partial charge in [0.25, 0.3) is 5.56 Å². The van der Waals surface area contributed by atoms with Gasteiger partial charge in [0.2, 0.25) is 11.7 Å². The van der Waals surface area contributed by atoms with Gasteiger partial charge in [-0.1, -0.05) is 17.3 Å². The van der Waals surface area contributed by atoms with Crippen molar-refractivity contribution in [2.75, 3.05) is 13.1 Å². The first kappa shape index (κ1) is 21.0. The Morgan fingerprint density at radius 1 is 1.31 bits per heavy atom.